The summed E-state index contributed by atoms with van der Waals surface area (Å²) in [6, 6.07) is 0. The van der Waals surface area contributed by atoms with Crippen LogP contribution in [0.25, 0.3) is 0 Å². The van der Waals surface area contributed by atoms with Crippen molar-refractivity contribution in [2.24, 2.45) is 0 Å². The van der Waals surface area contributed by atoms with E-state index < -0.39 is 11.9 Å². The van der Waals surface area contributed by atoms with Gasteiger partial charge in [-0.25, -0.2) is 0 Å². The van der Waals surface area contributed by atoms with E-state index >= 15 is 0 Å². The first-order chi connectivity index (χ1) is 11.9. The van der Waals surface area contributed by atoms with Gasteiger partial charge >= 0.3 is 110 Å². The van der Waals surface area contributed by atoms with Crippen molar-refractivity contribution in [3.05, 3.63) is 12.2 Å². The van der Waals surface area contributed by atoms with Crippen LogP contribution in [0.4, 0.5) is 0 Å². The van der Waals surface area contributed by atoms with Crippen LogP contribution in [0.3, 0.4) is 0 Å². The molecule has 0 aromatic carbocycles. The number of carbonyl (C=O) groups excluding carboxylic acids is 2. The quantitative estimate of drug-likeness (QED) is 0.278. The number of carboxylic acid groups (broad SMARTS) is 2. The molecule has 0 aromatic heterocycles. The summed E-state index contributed by atoms with van der Waals surface area (Å²) in [5, 5.41) is 35.8. The summed E-state index contributed by atoms with van der Waals surface area (Å²) in [5.74, 6) is 2.14. The Hall–Kier alpha value is -1.46. The Bertz CT molecular complexity index is 607. The molecule has 0 bridgehead atoms. The minimum absolute atomic E-state index is 0.0928. The van der Waals surface area contributed by atoms with E-state index in [-0.39, 0.29) is 29.0 Å². The molecular formula is C14H24N2O8P2. The second kappa shape index (κ2) is 17.0. The van der Waals surface area contributed by atoms with Crippen molar-refractivity contribution in [3.63, 3.8) is 0 Å². The first-order valence-electron chi connectivity index (χ1n) is 7.04. The fourth-order valence-electron chi connectivity index (χ4n) is 0.957. The molecule has 10 nitrogen and oxygen atoms in total. The Balaban J connectivity index is -0.000000306. The molecule has 2 N–H and O–H groups in total. The molecule has 0 rings (SSSR count). The van der Waals surface area contributed by atoms with Crippen LogP contribution in [-0.4, -0.2) is 85.6 Å². The van der Waals surface area contributed by atoms with E-state index in [9.17, 15) is 28.9 Å². The van der Waals surface area contributed by atoms with Crippen LogP contribution >= 0.6 is 15.8 Å². The number of aliphatic hydroxyl groups is 2. The normalized spacial score (nSPS) is 10.2. The zero-order valence-corrected chi connectivity index (χ0v) is 16.9. The summed E-state index contributed by atoms with van der Waals surface area (Å²) >= 11 is 0. The first kappa shape index (κ1) is 29.3. The van der Waals surface area contributed by atoms with Gasteiger partial charge in [-0.2, -0.15) is 0 Å². The topological polar surface area (TPSA) is 155 Å². The third-order valence-corrected chi connectivity index (χ3v) is 3.54. The van der Waals surface area contributed by atoms with Crippen molar-refractivity contribution in [3.8, 4) is 11.5 Å². The number of carboxylic acids is 2. The summed E-state index contributed by atoms with van der Waals surface area (Å²) in [5.41, 5.74) is 0. The summed E-state index contributed by atoms with van der Waals surface area (Å²) in [6.45, 7) is 1.29. The van der Waals surface area contributed by atoms with E-state index in [2.05, 4.69) is 11.5 Å². The molecule has 0 atom stereocenters. The number of hydrogen-bond acceptors (Lipinski definition) is 8. The monoisotopic (exact) mass is 410 g/mol. The van der Waals surface area contributed by atoms with E-state index in [1.165, 1.54) is 0 Å². The number of nitrogens with zero attached hydrogens (tertiary/aromatic N) is 2. The molecule has 0 aliphatic carbocycles. The Kier molecular flexibility index (Phi) is 19.1. The largest absolute Gasteiger partial charge is 0.545 e. The second-order valence-corrected chi connectivity index (χ2v) is 6.38. The predicted octanol–water partition coefficient (Wildman–Crippen LogP) is -2.43. The molecule has 0 unspecified atom stereocenters. The molecule has 0 aromatic rings. The predicted molar refractivity (Wildman–Crippen MR) is 90.3 cm³/mol. The van der Waals surface area contributed by atoms with E-state index in [1.54, 1.807) is 0 Å². The molecule has 0 saturated heterocycles. The molecule has 148 valence electrons. The van der Waals surface area contributed by atoms with E-state index in [1.807, 2.05) is 28.2 Å². The summed E-state index contributed by atoms with van der Waals surface area (Å²) in [6.07, 6.45) is 0.769. The molecule has 0 aliphatic rings. The Labute approximate surface area is 154 Å². The number of likely N-dealkylation sites (N-methyl/N-ethyl adjacent to an activating group) is 2. The van der Waals surface area contributed by atoms with Crippen molar-refractivity contribution < 1.29 is 48.1 Å². The number of rotatable bonds is 6. The minimum atomic E-state index is -1.55. The second-order valence-electron chi connectivity index (χ2n) is 5.62. The van der Waals surface area contributed by atoms with Crippen molar-refractivity contribution in [1.29, 1.82) is 0 Å². The molecule has 0 spiro atoms. The van der Waals surface area contributed by atoms with Gasteiger partial charge in [0.15, 0.2) is 0 Å². The smallest absolute Gasteiger partial charge is 0.0643 e. The number of hydrogen-bond donors (Lipinski definition) is 2. The number of carbonyl (C=O) groups is 2. The standard InChI is InChI=1S/2C5H11NO2P.C4H4O4/c2*1-6(2,3-4-7)5-9-8;5-3(6)1-2-4(7)8/h2*7H,3-4H2,1-2H3;1-2H,(H,5,6)(H,7,8)/q2*+1;/p-2/b;;2-1+. The molecule has 26 heavy (non-hydrogen) atoms. The van der Waals surface area contributed by atoms with Crippen LogP contribution in [0.1, 0.15) is 0 Å². The molecule has 0 saturated carbocycles. The van der Waals surface area contributed by atoms with E-state index in [0.717, 1.165) is 0 Å². The van der Waals surface area contributed by atoms with Crippen molar-refractivity contribution >= 4 is 27.8 Å². The molecule has 12 heteroatoms. The van der Waals surface area contributed by atoms with Gasteiger partial charge in [0.2, 0.25) is 0 Å². The molecule has 0 radical (unpaired) electrons. The van der Waals surface area contributed by atoms with Gasteiger partial charge in [-0.15, -0.1) is 0 Å². The van der Waals surface area contributed by atoms with Crippen LogP contribution in [0.15, 0.2) is 12.2 Å². The van der Waals surface area contributed by atoms with Crippen LogP contribution in [0.2, 0.25) is 0 Å². The Morgan fingerprint density at radius 3 is 1.27 bits per heavy atom. The van der Waals surface area contributed by atoms with E-state index in [4.69, 9.17) is 10.2 Å². The van der Waals surface area contributed by atoms with Gasteiger partial charge in [-0.3, -0.25) is 0 Å². The van der Waals surface area contributed by atoms with Gasteiger partial charge < -0.3 is 19.8 Å². The van der Waals surface area contributed by atoms with Crippen LogP contribution in [0, 0.1) is 11.5 Å². The molecular weight excluding hydrogens is 386 g/mol. The van der Waals surface area contributed by atoms with Crippen molar-refractivity contribution in [2.75, 3.05) is 54.5 Å². The SMILES string of the molecule is C[N+](C)(C#P=O)CCO.C[N+](C)(C#P=O)CCO.O=C([O-])/C=C/C(=O)[O-]. The maximum absolute atomic E-state index is 9.98. The third kappa shape index (κ3) is 27.4. The third-order valence-electron chi connectivity index (χ3n) is 2.30. The molecule has 0 heterocycles. The van der Waals surface area contributed by atoms with Crippen molar-refractivity contribution in [2.45, 2.75) is 0 Å². The van der Waals surface area contributed by atoms with Crippen molar-refractivity contribution in [1.82, 2.24) is 0 Å². The fourth-order valence-corrected chi connectivity index (χ4v) is 1.60. The Morgan fingerprint density at radius 1 is 0.846 bits per heavy atom. The van der Waals surface area contributed by atoms with Gasteiger partial charge in [-0.1, -0.05) is 0 Å². The fraction of sp³-hybridized carbons (Fsp3) is 0.571. The van der Waals surface area contributed by atoms with Gasteiger partial charge in [-0.05, 0) is 12.2 Å². The maximum Gasteiger partial charge on any atom is 0.0643 e. The summed E-state index contributed by atoms with van der Waals surface area (Å²) in [7, 11) is 7.07. The van der Waals surface area contributed by atoms with Gasteiger partial charge in [0.25, 0.3) is 0 Å². The van der Waals surface area contributed by atoms with Crippen LogP contribution in [-0.2, 0) is 18.7 Å². The molecule has 0 aliphatic heterocycles. The van der Waals surface area contributed by atoms with E-state index in [0.29, 0.717) is 34.2 Å². The number of aliphatic carboxylic acids is 2. The minimum Gasteiger partial charge on any atom is -0.545 e. The Morgan fingerprint density at radius 2 is 1.12 bits per heavy atom. The first-order valence-corrected chi connectivity index (χ1v) is 8.67. The van der Waals surface area contributed by atoms with Gasteiger partial charge in [0.1, 0.15) is 0 Å². The average molecular weight is 410 g/mol. The summed E-state index contributed by atoms with van der Waals surface area (Å²) < 4.78 is 20.7. The van der Waals surface area contributed by atoms with Gasteiger partial charge in [0.05, 0.1) is 11.9 Å². The van der Waals surface area contributed by atoms with Crippen LogP contribution < -0.4 is 10.2 Å². The number of quaternary nitrogens is 2. The van der Waals surface area contributed by atoms with Gasteiger partial charge in [0, 0.05) is 0 Å². The molecule has 0 fully saturated rings. The average Bonchev–Trinajstić information content (AvgIpc) is 2.46. The molecule has 0 amide bonds. The maximum atomic E-state index is 9.98. The summed E-state index contributed by atoms with van der Waals surface area (Å²) in [4.78, 5) is 18.8. The van der Waals surface area contributed by atoms with Crippen LogP contribution in [0.5, 0.6) is 0 Å². The zero-order valence-electron chi connectivity index (χ0n) is 15.1. The zero-order chi connectivity index (χ0) is 21.2. The number of aliphatic hydroxyl groups excluding tert-OH is 2.